The number of aliphatic hydroxyl groups excluding tert-OH is 1. The lowest BCUT2D eigenvalue weighted by molar-refractivity contribution is 0.0994. The van der Waals surface area contributed by atoms with Crippen molar-refractivity contribution < 1.29 is 9.90 Å². The standard InChI is InChI=1S/C19H21N5O2/c1-2-3-6-15-17(19(20)26)23-24(14-5-4-9-21-11-14)18(15)16-8-7-13(12-25)10-22-16/h4-5,7-11,25H,2-3,6,12H2,1H3,(H2,20,26). The Hall–Kier alpha value is -3.06. The van der Waals surface area contributed by atoms with Crippen molar-refractivity contribution >= 4 is 5.91 Å². The van der Waals surface area contributed by atoms with Gasteiger partial charge in [-0.2, -0.15) is 5.10 Å². The number of unbranched alkanes of at least 4 members (excludes halogenated alkanes) is 1. The smallest absolute Gasteiger partial charge is 0.269 e. The van der Waals surface area contributed by atoms with Gasteiger partial charge in [0.15, 0.2) is 5.69 Å². The minimum atomic E-state index is -0.563. The van der Waals surface area contributed by atoms with E-state index in [0.29, 0.717) is 17.7 Å². The van der Waals surface area contributed by atoms with Gasteiger partial charge in [-0.25, -0.2) is 4.68 Å². The third kappa shape index (κ3) is 3.48. The Bertz CT molecular complexity index is 888. The first-order valence-corrected chi connectivity index (χ1v) is 8.54. The van der Waals surface area contributed by atoms with Crippen LogP contribution in [0.15, 0.2) is 42.9 Å². The highest BCUT2D eigenvalue weighted by molar-refractivity contribution is 5.94. The lowest BCUT2D eigenvalue weighted by atomic mass is 10.0. The summed E-state index contributed by atoms with van der Waals surface area (Å²) in [5.74, 6) is -0.563. The van der Waals surface area contributed by atoms with Crippen molar-refractivity contribution in [2.45, 2.75) is 32.8 Å². The number of aromatic nitrogens is 4. The monoisotopic (exact) mass is 351 g/mol. The number of rotatable bonds is 7. The maximum Gasteiger partial charge on any atom is 0.269 e. The molecule has 0 saturated heterocycles. The van der Waals surface area contributed by atoms with Crippen LogP contribution in [0.5, 0.6) is 0 Å². The number of carbonyl (C=O) groups is 1. The van der Waals surface area contributed by atoms with Gasteiger partial charge in [0.1, 0.15) is 0 Å². The molecular weight excluding hydrogens is 330 g/mol. The molecule has 3 rings (SSSR count). The number of hydrogen-bond acceptors (Lipinski definition) is 5. The highest BCUT2D eigenvalue weighted by atomic mass is 16.3. The second-order valence-electron chi connectivity index (χ2n) is 5.98. The first kappa shape index (κ1) is 17.8. The molecule has 0 radical (unpaired) electrons. The summed E-state index contributed by atoms with van der Waals surface area (Å²) in [6.45, 7) is 2.01. The van der Waals surface area contributed by atoms with E-state index in [1.54, 1.807) is 35.4 Å². The van der Waals surface area contributed by atoms with Crippen LogP contribution < -0.4 is 5.73 Å². The summed E-state index contributed by atoms with van der Waals surface area (Å²) in [5.41, 5.74) is 9.45. The van der Waals surface area contributed by atoms with E-state index >= 15 is 0 Å². The molecule has 0 aliphatic heterocycles. The molecule has 0 fully saturated rings. The molecule has 134 valence electrons. The maximum atomic E-state index is 12.0. The largest absolute Gasteiger partial charge is 0.392 e. The highest BCUT2D eigenvalue weighted by Crippen LogP contribution is 2.29. The fourth-order valence-corrected chi connectivity index (χ4v) is 2.83. The molecule has 3 N–H and O–H groups in total. The normalized spacial score (nSPS) is 10.8. The van der Waals surface area contributed by atoms with Crippen molar-refractivity contribution in [2.75, 3.05) is 0 Å². The molecule has 0 bridgehead atoms. The van der Waals surface area contributed by atoms with Crippen LogP contribution in [0.25, 0.3) is 17.1 Å². The van der Waals surface area contributed by atoms with Crippen LogP contribution in [-0.2, 0) is 13.0 Å². The van der Waals surface area contributed by atoms with Crippen molar-refractivity contribution in [1.82, 2.24) is 19.7 Å². The average Bonchev–Trinajstić information content (AvgIpc) is 3.06. The van der Waals surface area contributed by atoms with Gasteiger partial charge in [0.25, 0.3) is 5.91 Å². The maximum absolute atomic E-state index is 12.0. The molecule has 26 heavy (non-hydrogen) atoms. The Morgan fingerprint density at radius 2 is 2.12 bits per heavy atom. The van der Waals surface area contributed by atoms with Crippen molar-refractivity contribution in [3.63, 3.8) is 0 Å². The Morgan fingerprint density at radius 3 is 2.69 bits per heavy atom. The summed E-state index contributed by atoms with van der Waals surface area (Å²) in [6, 6.07) is 7.28. The predicted molar refractivity (Wildman–Crippen MR) is 97.6 cm³/mol. The fraction of sp³-hybridized carbons (Fsp3) is 0.263. The number of pyridine rings is 2. The number of primary amides is 1. The van der Waals surface area contributed by atoms with Crippen molar-refractivity contribution in [1.29, 1.82) is 0 Å². The lowest BCUT2D eigenvalue weighted by Crippen LogP contribution is -2.14. The minimum absolute atomic E-state index is 0.0790. The Balaban J connectivity index is 2.24. The summed E-state index contributed by atoms with van der Waals surface area (Å²) in [7, 11) is 0. The average molecular weight is 351 g/mol. The Labute approximate surface area is 151 Å². The molecule has 0 aliphatic rings. The van der Waals surface area contributed by atoms with Crippen LogP contribution >= 0.6 is 0 Å². The number of amides is 1. The van der Waals surface area contributed by atoms with Crippen molar-refractivity contribution in [3.8, 4) is 17.1 Å². The van der Waals surface area contributed by atoms with E-state index in [2.05, 4.69) is 22.0 Å². The van der Waals surface area contributed by atoms with Gasteiger partial charge in [-0.05, 0) is 36.6 Å². The molecule has 0 atom stereocenters. The van der Waals surface area contributed by atoms with E-state index in [4.69, 9.17) is 5.73 Å². The molecule has 0 saturated carbocycles. The molecule has 7 nitrogen and oxygen atoms in total. The van der Waals surface area contributed by atoms with Gasteiger partial charge in [-0.15, -0.1) is 0 Å². The highest BCUT2D eigenvalue weighted by Gasteiger charge is 2.23. The molecule has 0 unspecified atom stereocenters. The zero-order chi connectivity index (χ0) is 18.5. The number of hydrogen-bond donors (Lipinski definition) is 2. The first-order valence-electron chi connectivity index (χ1n) is 8.54. The zero-order valence-corrected chi connectivity index (χ0v) is 14.6. The van der Waals surface area contributed by atoms with Crippen LogP contribution in [0, 0.1) is 0 Å². The van der Waals surface area contributed by atoms with Gasteiger partial charge in [0.2, 0.25) is 0 Å². The predicted octanol–water partition coefficient (Wildman–Crippen LogP) is 2.26. The van der Waals surface area contributed by atoms with E-state index in [9.17, 15) is 9.90 Å². The Kier molecular flexibility index (Phi) is 5.38. The van der Waals surface area contributed by atoms with Gasteiger partial charge in [-0.1, -0.05) is 19.4 Å². The van der Waals surface area contributed by atoms with E-state index < -0.39 is 5.91 Å². The van der Waals surface area contributed by atoms with Gasteiger partial charge >= 0.3 is 0 Å². The number of aliphatic hydroxyl groups is 1. The summed E-state index contributed by atoms with van der Waals surface area (Å²) in [4.78, 5) is 20.6. The van der Waals surface area contributed by atoms with E-state index in [0.717, 1.165) is 29.8 Å². The van der Waals surface area contributed by atoms with Crippen molar-refractivity contribution in [2.24, 2.45) is 5.73 Å². The van der Waals surface area contributed by atoms with Crippen molar-refractivity contribution in [3.05, 3.63) is 59.7 Å². The summed E-state index contributed by atoms with van der Waals surface area (Å²) < 4.78 is 1.67. The fourth-order valence-electron chi connectivity index (χ4n) is 2.83. The number of nitrogens with two attached hydrogens (primary N) is 1. The molecule has 7 heteroatoms. The Morgan fingerprint density at radius 1 is 1.27 bits per heavy atom. The van der Waals surface area contributed by atoms with Crippen LogP contribution in [0.2, 0.25) is 0 Å². The molecule has 1 amide bonds. The molecule has 0 spiro atoms. The molecule has 0 aromatic carbocycles. The van der Waals surface area contributed by atoms with E-state index in [1.807, 2.05) is 12.1 Å². The third-order valence-electron chi connectivity index (χ3n) is 4.14. The summed E-state index contributed by atoms with van der Waals surface area (Å²) in [6.07, 6.45) is 7.52. The second kappa shape index (κ2) is 7.88. The quantitative estimate of drug-likeness (QED) is 0.679. The number of carbonyl (C=O) groups excluding carboxylic acids is 1. The van der Waals surface area contributed by atoms with Gasteiger partial charge in [0, 0.05) is 18.0 Å². The van der Waals surface area contributed by atoms with E-state index in [1.165, 1.54) is 0 Å². The third-order valence-corrected chi connectivity index (χ3v) is 4.14. The molecule has 3 heterocycles. The van der Waals surface area contributed by atoms with Crippen LogP contribution in [0.3, 0.4) is 0 Å². The van der Waals surface area contributed by atoms with Crippen LogP contribution in [0.4, 0.5) is 0 Å². The molecule has 3 aromatic heterocycles. The summed E-state index contributed by atoms with van der Waals surface area (Å²) >= 11 is 0. The topological polar surface area (TPSA) is 107 Å². The molecule has 0 aliphatic carbocycles. The van der Waals surface area contributed by atoms with E-state index in [-0.39, 0.29) is 12.3 Å². The lowest BCUT2D eigenvalue weighted by Gasteiger charge is -2.09. The first-order chi connectivity index (χ1) is 12.7. The van der Waals surface area contributed by atoms with Gasteiger partial charge < -0.3 is 10.8 Å². The summed E-state index contributed by atoms with van der Waals surface area (Å²) in [5, 5.41) is 13.7. The van der Waals surface area contributed by atoms with Gasteiger partial charge in [-0.3, -0.25) is 14.8 Å². The molecular formula is C19H21N5O2. The number of nitrogens with zero attached hydrogens (tertiary/aromatic N) is 4. The van der Waals surface area contributed by atoms with Crippen LogP contribution in [-0.4, -0.2) is 30.8 Å². The molecule has 3 aromatic rings. The SMILES string of the molecule is CCCCc1c(C(N)=O)nn(-c2cccnc2)c1-c1ccc(CO)cn1. The minimum Gasteiger partial charge on any atom is -0.392 e. The zero-order valence-electron chi connectivity index (χ0n) is 14.6. The second-order valence-corrected chi connectivity index (χ2v) is 5.98. The van der Waals surface area contributed by atoms with Gasteiger partial charge in [0.05, 0.1) is 29.9 Å². The van der Waals surface area contributed by atoms with Crippen LogP contribution in [0.1, 0.15) is 41.4 Å².